The van der Waals surface area contributed by atoms with Gasteiger partial charge in [-0.05, 0) is 49.2 Å². The van der Waals surface area contributed by atoms with Gasteiger partial charge in [-0.15, -0.1) is 15.6 Å². The van der Waals surface area contributed by atoms with Crippen molar-refractivity contribution in [2.24, 2.45) is 10.7 Å². The maximum atomic E-state index is 8.00. The largest absolute Gasteiger partial charge is 3.00 e. The van der Waals surface area contributed by atoms with Crippen LogP contribution in [0.4, 0.5) is 0 Å². The molecule has 2 aromatic heterocycles. The van der Waals surface area contributed by atoms with Crippen molar-refractivity contribution in [3.05, 3.63) is 85.3 Å². The van der Waals surface area contributed by atoms with Gasteiger partial charge in [0.1, 0.15) is 5.59 Å². The molecule has 24 heavy (non-hydrogen) atoms. The summed E-state index contributed by atoms with van der Waals surface area (Å²) in [7, 11) is 0. The fraction of sp³-hybridized carbons (Fsp3) is 0.167. The molecule has 12 heteroatoms. The maximum absolute atomic E-state index is 8.00. The van der Waals surface area contributed by atoms with Gasteiger partial charge in [0.2, 0.25) is 0 Å². The Bertz CT molecular complexity index is 423. The van der Waals surface area contributed by atoms with Gasteiger partial charge < -0.3 is 25.7 Å². The second-order valence-electron chi connectivity index (χ2n) is 3.20. The molecule has 0 amide bonds. The predicted molar refractivity (Wildman–Crippen MR) is 83.7 cm³/mol. The summed E-state index contributed by atoms with van der Waals surface area (Å²) >= 11 is 0. The van der Waals surface area contributed by atoms with Crippen LogP contribution < -0.4 is 5.59 Å². The van der Waals surface area contributed by atoms with E-state index >= 15 is 0 Å². The summed E-state index contributed by atoms with van der Waals surface area (Å²) in [4.78, 5) is 30.9. The Balaban J connectivity index is -0.0000000671. The summed E-state index contributed by atoms with van der Waals surface area (Å²) in [5.74, 6) is 0. The molecule has 0 bridgehead atoms. The monoisotopic (exact) mass is 427 g/mol. The van der Waals surface area contributed by atoms with Crippen molar-refractivity contribution in [2.75, 3.05) is 0 Å². The van der Waals surface area contributed by atoms with Crippen molar-refractivity contribution in [3.8, 4) is 0 Å². The van der Waals surface area contributed by atoms with E-state index in [-0.39, 0.29) is 25.0 Å². The van der Waals surface area contributed by atoms with Crippen LogP contribution in [0.1, 0.15) is 11.1 Å². The van der Waals surface area contributed by atoms with Crippen molar-refractivity contribution in [1.29, 1.82) is 0 Å². The van der Waals surface area contributed by atoms with E-state index in [4.69, 9.17) is 30.7 Å². The van der Waals surface area contributed by atoms with Gasteiger partial charge in [0.25, 0.3) is 0 Å². The fourth-order valence-electron chi connectivity index (χ4n) is 0.853. The molecule has 0 aliphatic heterocycles. The smallest absolute Gasteiger partial charge is 0.870 e. The Kier molecular flexibility index (Phi) is 44.4. The summed E-state index contributed by atoms with van der Waals surface area (Å²) in [6.45, 7) is 4.09. The second kappa shape index (κ2) is 32.3. The number of pyridine rings is 2. The first-order valence-electron chi connectivity index (χ1n) is 5.43. The molecule has 1 N–H and O–H groups in total. The average molecular weight is 426 g/mol. The molecule has 0 fully saturated rings. The number of aryl methyl sites for hydroxylation is 2. The van der Waals surface area contributed by atoms with Crippen LogP contribution in [0.5, 0.6) is 0 Å². The third-order valence-electron chi connectivity index (χ3n) is 1.69. The molecule has 2 aromatic rings. The minimum Gasteiger partial charge on any atom is -0.870 e. The molecular formula is C12H15N5O6Ru. The molecule has 0 atom stereocenters. The predicted octanol–water partition coefficient (Wildman–Crippen LogP) is 2.65. The molecule has 11 nitrogen and oxygen atoms in total. The van der Waals surface area contributed by atoms with E-state index in [1.54, 1.807) is 24.8 Å². The summed E-state index contributed by atoms with van der Waals surface area (Å²) in [6.07, 6.45) is 7.15. The third-order valence-corrected chi connectivity index (χ3v) is 1.69. The molecule has 0 saturated carbocycles. The fourth-order valence-corrected chi connectivity index (χ4v) is 0.853. The van der Waals surface area contributed by atoms with E-state index < -0.39 is 0 Å². The van der Waals surface area contributed by atoms with Gasteiger partial charge in [0.05, 0.1) is 0 Å². The maximum Gasteiger partial charge on any atom is 3.00 e. The second-order valence-corrected chi connectivity index (χ2v) is 3.20. The molecule has 0 saturated heterocycles. The Morgan fingerprint density at radius 3 is 1.04 bits per heavy atom. The molecule has 2 radical (unpaired) electrons. The van der Waals surface area contributed by atoms with E-state index in [1.807, 2.05) is 38.1 Å². The van der Waals surface area contributed by atoms with E-state index in [0.717, 1.165) is 10.7 Å². The molecular weight excluding hydrogens is 411 g/mol. The van der Waals surface area contributed by atoms with Gasteiger partial charge in [-0.2, -0.15) is 0 Å². The Labute approximate surface area is 150 Å². The summed E-state index contributed by atoms with van der Waals surface area (Å²) in [6, 6.07) is 7.89. The standard InChI is InChI=1S/2C6H7N.2HNO2.NO.H2O.Ru/c2*1-6-2-4-7-5-3-6;2*2-1-3;1-2;;/h2*2-5H,1H3;2*(H,2,3);;1H2;/q;;;;;;+3/p-3. The van der Waals surface area contributed by atoms with Crippen LogP contribution in [-0.2, 0) is 19.5 Å². The Hall–Kier alpha value is -2.72. The zero-order valence-corrected chi connectivity index (χ0v) is 14.4. The van der Waals surface area contributed by atoms with Crippen molar-refractivity contribution in [2.45, 2.75) is 13.8 Å². The van der Waals surface area contributed by atoms with E-state index in [1.165, 1.54) is 11.1 Å². The normalized spacial score (nSPS) is 6.25. The van der Waals surface area contributed by atoms with Crippen LogP contribution in [0.25, 0.3) is 0 Å². The van der Waals surface area contributed by atoms with Gasteiger partial charge in [-0.1, -0.05) is 0 Å². The van der Waals surface area contributed by atoms with E-state index in [9.17, 15) is 0 Å². The van der Waals surface area contributed by atoms with Gasteiger partial charge in [-0.25, -0.2) is 0 Å². The molecule has 132 valence electrons. The van der Waals surface area contributed by atoms with Gasteiger partial charge in [0.15, 0.2) is 0 Å². The first-order valence-corrected chi connectivity index (χ1v) is 5.43. The summed E-state index contributed by atoms with van der Waals surface area (Å²) in [5, 5.41) is 18.0. The minimum absolute atomic E-state index is 0. The van der Waals surface area contributed by atoms with E-state index in [0.29, 0.717) is 0 Å². The van der Waals surface area contributed by atoms with Gasteiger partial charge >= 0.3 is 19.5 Å². The number of hydrogen-bond acceptors (Lipinski definition) is 10. The van der Waals surface area contributed by atoms with Gasteiger partial charge in [0, 0.05) is 24.8 Å². The Morgan fingerprint density at radius 1 is 0.792 bits per heavy atom. The van der Waals surface area contributed by atoms with Crippen molar-refractivity contribution >= 4 is 0 Å². The van der Waals surface area contributed by atoms with Crippen molar-refractivity contribution in [3.63, 3.8) is 0 Å². The van der Waals surface area contributed by atoms with Crippen LogP contribution in [0.15, 0.2) is 59.7 Å². The molecule has 0 aromatic carbocycles. The van der Waals surface area contributed by atoms with Crippen LogP contribution in [0.3, 0.4) is 0 Å². The van der Waals surface area contributed by atoms with Crippen LogP contribution in [0.2, 0.25) is 0 Å². The third kappa shape index (κ3) is 36.5. The molecule has 0 aliphatic rings. The number of nitroso groups, excluding NO2 is 1. The summed E-state index contributed by atoms with van der Waals surface area (Å²) in [5.41, 5.74) is 8.27. The topological polar surface area (TPSA) is 200 Å². The van der Waals surface area contributed by atoms with Crippen LogP contribution >= 0.6 is 0 Å². The van der Waals surface area contributed by atoms with Gasteiger partial charge in [-0.3, -0.25) is 9.97 Å². The van der Waals surface area contributed by atoms with Crippen molar-refractivity contribution in [1.82, 2.24) is 15.6 Å². The number of aromatic nitrogens is 2. The molecule has 0 spiro atoms. The minimum atomic E-state index is 0. The molecule has 0 aliphatic carbocycles. The first-order chi connectivity index (χ1) is 10.6. The average Bonchev–Trinajstić information content (AvgIpc) is 2.53. The zero-order valence-electron chi connectivity index (χ0n) is 12.7. The molecule has 2 heterocycles. The number of nitrogens with zero attached hydrogens (tertiary/aromatic N) is 5. The quantitative estimate of drug-likeness (QED) is 0.347. The summed E-state index contributed by atoms with van der Waals surface area (Å²) < 4.78 is 0. The molecule has 2 rings (SSSR count). The van der Waals surface area contributed by atoms with Crippen LogP contribution in [-0.4, -0.2) is 15.4 Å². The molecule has 0 unspecified atom stereocenters. The first kappa shape index (κ1) is 33.0. The van der Waals surface area contributed by atoms with Crippen molar-refractivity contribution < 1.29 is 25.0 Å². The van der Waals surface area contributed by atoms with E-state index in [2.05, 4.69) is 9.97 Å². The number of rotatable bonds is 0. The number of hydrogen-bond donors (Lipinski definition) is 0. The zero-order chi connectivity index (χ0) is 17.6. The van der Waals surface area contributed by atoms with Crippen LogP contribution in [0, 0.1) is 39.0 Å². The Morgan fingerprint density at radius 2 is 0.958 bits per heavy atom. The SMILES string of the molecule is Cc1ccncc1.Cc1ccncc1.O=N[O-].O=N[O-].[N]=O.[OH-].[Ru+3].